The Balaban J connectivity index is 1.48. The van der Waals surface area contributed by atoms with E-state index in [-0.39, 0.29) is 23.7 Å². The van der Waals surface area contributed by atoms with E-state index in [1.165, 1.54) is 6.07 Å². The second kappa shape index (κ2) is 11.7. The molecule has 1 saturated carbocycles. The van der Waals surface area contributed by atoms with E-state index in [0.717, 1.165) is 31.2 Å². The first-order valence-electron chi connectivity index (χ1n) is 12.9. The first-order chi connectivity index (χ1) is 17.1. The van der Waals surface area contributed by atoms with E-state index < -0.39 is 0 Å². The third-order valence-electron chi connectivity index (χ3n) is 7.54. The summed E-state index contributed by atoms with van der Waals surface area (Å²) in [6.45, 7) is 7.97. The Kier molecular flexibility index (Phi) is 8.39. The Morgan fingerprint density at radius 2 is 1.71 bits per heavy atom. The maximum absolute atomic E-state index is 15.2. The summed E-state index contributed by atoms with van der Waals surface area (Å²) in [7, 11) is 0. The first kappa shape index (κ1) is 25.2. The van der Waals surface area contributed by atoms with Crippen molar-refractivity contribution in [3.8, 4) is 0 Å². The molecule has 1 aliphatic heterocycles. The molecule has 1 atom stereocenters. The van der Waals surface area contributed by atoms with Crippen molar-refractivity contribution < 1.29 is 14.4 Å². The lowest BCUT2D eigenvalue weighted by molar-refractivity contribution is -0.137. The van der Waals surface area contributed by atoms with Crippen molar-refractivity contribution >= 4 is 17.3 Å². The van der Waals surface area contributed by atoms with Crippen LogP contribution in [0.3, 0.4) is 0 Å². The van der Waals surface area contributed by atoms with Crippen molar-refractivity contribution in [2.24, 2.45) is 11.1 Å². The fourth-order valence-corrected chi connectivity index (χ4v) is 5.57. The fourth-order valence-electron chi connectivity index (χ4n) is 5.57. The summed E-state index contributed by atoms with van der Waals surface area (Å²) in [4.78, 5) is 19.6. The quantitative estimate of drug-likeness (QED) is 0.331. The van der Waals surface area contributed by atoms with Gasteiger partial charge >= 0.3 is 0 Å². The summed E-state index contributed by atoms with van der Waals surface area (Å²) in [5.74, 6) is 0.0221. The lowest BCUT2D eigenvalue weighted by atomic mass is 9.95. The van der Waals surface area contributed by atoms with Gasteiger partial charge in [-0.2, -0.15) is 0 Å². The van der Waals surface area contributed by atoms with Crippen LogP contribution in [-0.2, 0) is 4.79 Å². The van der Waals surface area contributed by atoms with Gasteiger partial charge in [-0.3, -0.25) is 9.69 Å². The van der Waals surface area contributed by atoms with Crippen molar-refractivity contribution in [1.82, 2.24) is 9.80 Å². The maximum atomic E-state index is 15.2. The molecule has 1 aliphatic carbocycles. The topological polar surface area (TPSA) is 59.4 Å². The van der Waals surface area contributed by atoms with Crippen LogP contribution in [0.25, 0.3) is 0 Å². The zero-order valence-electron chi connectivity index (χ0n) is 20.9. The number of amides is 1. The van der Waals surface area contributed by atoms with Crippen LogP contribution in [0, 0.1) is 11.7 Å². The monoisotopic (exact) mass is 480 g/mol. The van der Waals surface area contributed by atoms with E-state index >= 15 is 4.39 Å². The highest BCUT2D eigenvalue weighted by Crippen LogP contribution is 2.31. The molecule has 0 bridgehead atoms. The van der Waals surface area contributed by atoms with Crippen LogP contribution in [0.1, 0.15) is 56.7 Å². The molecule has 2 aromatic rings. The van der Waals surface area contributed by atoms with Crippen molar-refractivity contribution in [3.05, 3.63) is 65.5 Å². The molecule has 7 heteroatoms. The van der Waals surface area contributed by atoms with Crippen LogP contribution < -0.4 is 4.90 Å². The van der Waals surface area contributed by atoms with E-state index in [1.807, 2.05) is 60.0 Å². The average Bonchev–Trinajstić information content (AvgIpc) is 3.41. The smallest absolute Gasteiger partial charge is 0.244 e. The Hall–Kier alpha value is -2.93. The zero-order valence-corrected chi connectivity index (χ0v) is 20.9. The van der Waals surface area contributed by atoms with Gasteiger partial charge in [0.25, 0.3) is 0 Å². The average molecular weight is 481 g/mol. The van der Waals surface area contributed by atoms with Gasteiger partial charge in [0.15, 0.2) is 0 Å². The number of nitrogens with zero attached hydrogens (tertiary/aromatic N) is 4. The SMILES string of the molecule is CCN(CC)C(=O)C(c1ccccc1)N1CCN(c2ccc(C(=NO)C3CCCC3)cc2F)CC1. The number of likely N-dealkylation sites (N-methyl/N-ethyl adjacent to an activating group) is 1. The minimum absolute atomic E-state index is 0.118. The lowest BCUT2D eigenvalue weighted by Crippen LogP contribution is -2.52. The van der Waals surface area contributed by atoms with Crippen molar-refractivity contribution in [1.29, 1.82) is 0 Å². The van der Waals surface area contributed by atoms with Gasteiger partial charge in [0, 0.05) is 50.7 Å². The molecule has 1 N–H and O–H groups in total. The van der Waals surface area contributed by atoms with Crippen molar-refractivity contribution in [3.63, 3.8) is 0 Å². The number of benzene rings is 2. The van der Waals surface area contributed by atoms with Gasteiger partial charge in [0.05, 0.1) is 11.4 Å². The van der Waals surface area contributed by atoms with Crippen LogP contribution in [0.2, 0.25) is 0 Å². The molecular weight excluding hydrogens is 443 g/mol. The lowest BCUT2D eigenvalue weighted by Gasteiger charge is -2.41. The fraction of sp³-hybridized carbons (Fsp3) is 0.500. The number of anilines is 1. The number of halogens is 1. The van der Waals surface area contributed by atoms with Crippen LogP contribution >= 0.6 is 0 Å². The number of hydrogen-bond donors (Lipinski definition) is 1. The van der Waals surface area contributed by atoms with Gasteiger partial charge < -0.3 is 15.0 Å². The predicted octanol–water partition coefficient (Wildman–Crippen LogP) is 4.93. The normalized spacial score (nSPS) is 18.6. The number of piperazine rings is 1. The molecule has 0 spiro atoms. The van der Waals surface area contributed by atoms with Crippen molar-refractivity contribution in [2.45, 2.75) is 45.6 Å². The summed E-state index contributed by atoms with van der Waals surface area (Å²) in [5.41, 5.74) is 2.81. The standard InChI is InChI=1S/C28H37FN4O2/c1-3-31(4-2)28(34)27(22-12-6-5-7-13-22)33-18-16-32(17-19-33)25-15-14-23(20-24(25)29)26(30-35)21-10-8-9-11-21/h5-7,12-15,20-21,27,35H,3-4,8-11,16-19H2,1-2H3. The third kappa shape index (κ3) is 5.50. The second-order valence-corrected chi connectivity index (χ2v) is 9.48. The van der Waals surface area contributed by atoms with Crippen LogP contribution in [0.4, 0.5) is 10.1 Å². The van der Waals surface area contributed by atoms with Gasteiger partial charge in [0.2, 0.25) is 5.91 Å². The minimum Gasteiger partial charge on any atom is -0.411 e. The maximum Gasteiger partial charge on any atom is 0.244 e. The minimum atomic E-state index is -0.333. The molecule has 35 heavy (non-hydrogen) atoms. The molecule has 0 aromatic heterocycles. The third-order valence-corrected chi connectivity index (χ3v) is 7.54. The molecule has 1 unspecified atom stereocenters. The molecule has 6 nitrogen and oxygen atoms in total. The summed E-state index contributed by atoms with van der Waals surface area (Å²) in [5, 5.41) is 13.1. The highest BCUT2D eigenvalue weighted by molar-refractivity contribution is 6.02. The molecule has 0 radical (unpaired) electrons. The highest BCUT2D eigenvalue weighted by Gasteiger charge is 2.33. The molecule has 188 valence electrons. The number of oxime groups is 1. The van der Waals surface area contributed by atoms with E-state index in [1.54, 1.807) is 6.07 Å². The van der Waals surface area contributed by atoms with Crippen LogP contribution in [0.5, 0.6) is 0 Å². The number of carbonyl (C=O) groups is 1. The molecule has 1 heterocycles. The summed E-state index contributed by atoms with van der Waals surface area (Å²) >= 11 is 0. The highest BCUT2D eigenvalue weighted by atomic mass is 19.1. The largest absolute Gasteiger partial charge is 0.411 e. The Labute approximate surface area is 208 Å². The summed E-state index contributed by atoms with van der Waals surface area (Å²) < 4.78 is 15.2. The molecule has 1 amide bonds. The molecule has 2 aliphatic rings. The van der Waals surface area contributed by atoms with Gasteiger partial charge in [-0.05, 0) is 44.4 Å². The Morgan fingerprint density at radius 1 is 1.06 bits per heavy atom. The van der Waals surface area contributed by atoms with Gasteiger partial charge in [-0.25, -0.2) is 4.39 Å². The van der Waals surface area contributed by atoms with Gasteiger partial charge in [-0.15, -0.1) is 0 Å². The van der Waals surface area contributed by atoms with Gasteiger partial charge in [0.1, 0.15) is 11.9 Å². The van der Waals surface area contributed by atoms with Gasteiger partial charge in [-0.1, -0.05) is 54.4 Å². The number of rotatable bonds is 8. The number of hydrogen-bond acceptors (Lipinski definition) is 5. The van der Waals surface area contributed by atoms with E-state index in [9.17, 15) is 10.0 Å². The second-order valence-electron chi connectivity index (χ2n) is 9.48. The van der Waals surface area contributed by atoms with E-state index in [4.69, 9.17) is 0 Å². The van der Waals surface area contributed by atoms with Crippen LogP contribution in [0.15, 0.2) is 53.7 Å². The molecule has 2 aromatic carbocycles. The Bertz CT molecular complexity index is 1010. The van der Waals surface area contributed by atoms with Crippen LogP contribution in [-0.4, -0.2) is 65.9 Å². The molecule has 4 rings (SSSR count). The summed E-state index contributed by atoms with van der Waals surface area (Å²) in [6.07, 6.45) is 4.21. The molecule has 2 fully saturated rings. The van der Waals surface area contributed by atoms with E-state index in [0.29, 0.717) is 56.2 Å². The van der Waals surface area contributed by atoms with Crippen molar-refractivity contribution in [2.75, 3.05) is 44.2 Å². The summed E-state index contributed by atoms with van der Waals surface area (Å²) in [6, 6.07) is 14.8. The zero-order chi connectivity index (χ0) is 24.8. The first-order valence-corrected chi connectivity index (χ1v) is 12.9. The molecular formula is C28H37FN4O2. The predicted molar refractivity (Wildman–Crippen MR) is 138 cm³/mol. The number of carbonyl (C=O) groups excluding carboxylic acids is 1. The molecule has 1 saturated heterocycles. The Morgan fingerprint density at radius 3 is 2.29 bits per heavy atom. The van der Waals surface area contributed by atoms with E-state index in [2.05, 4.69) is 10.1 Å².